The van der Waals surface area contributed by atoms with E-state index in [0.717, 1.165) is 30.8 Å². The van der Waals surface area contributed by atoms with Gasteiger partial charge in [0.05, 0.1) is 0 Å². The first-order valence-electron chi connectivity index (χ1n) is 8.70. The van der Waals surface area contributed by atoms with Gasteiger partial charge in [-0.2, -0.15) is 13.2 Å². The number of pyridine rings is 1. The second-order valence-electron chi connectivity index (χ2n) is 6.57. The summed E-state index contributed by atoms with van der Waals surface area (Å²) < 4.78 is 38.5. The fraction of sp³-hybridized carbons (Fsp3) is 0.444. The highest BCUT2D eigenvalue weighted by molar-refractivity contribution is 5.92. The van der Waals surface area contributed by atoms with Crippen molar-refractivity contribution in [3.63, 3.8) is 0 Å². The highest BCUT2D eigenvalue weighted by Crippen LogP contribution is 2.29. The Morgan fingerprint density at radius 1 is 1.30 bits per heavy atom. The maximum atomic E-state index is 12.8. The molecule has 3 rings (SSSR count). The van der Waals surface area contributed by atoms with Gasteiger partial charge in [0.15, 0.2) is 0 Å². The van der Waals surface area contributed by atoms with Gasteiger partial charge in [-0.25, -0.2) is 15.0 Å². The van der Waals surface area contributed by atoms with Crippen molar-refractivity contribution in [2.75, 3.05) is 24.5 Å². The van der Waals surface area contributed by atoms with Crippen molar-refractivity contribution in [2.45, 2.75) is 25.9 Å². The molecule has 1 unspecified atom stereocenters. The number of alkyl halides is 3. The first kappa shape index (κ1) is 19.1. The zero-order valence-corrected chi connectivity index (χ0v) is 14.8. The molecule has 1 atom stereocenters. The van der Waals surface area contributed by atoms with Gasteiger partial charge in [0, 0.05) is 31.5 Å². The van der Waals surface area contributed by atoms with Crippen molar-refractivity contribution in [2.24, 2.45) is 5.92 Å². The van der Waals surface area contributed by atoms with Gasteiger partial charge in [-0.05, 0) is 43.9 Å². The quantitative estimate of drug-likeness (QED) is 0.885. The average molecular weight is 379 g/mol. The molecule has 0 aromatic carbocycles. The molecular weight excluding hydrogens is 359 g/mol. The van der Waals surface area contributed by atoms with Crippen LogP contribution in [0.5, 0.6) is 0 Å². The van der Waals surface area contributed by atoms with Crippen molar-refractivity contribution in [1.29, 1.82) is 0 Å². The zero-order valence-electron chi connectivity index (χ0n) is 14.8. The molecular formula is C18H20F3N5O. The number of carbonyl (C=O) groups is 1. The van der Waals surface area contributed by atoms with E-state index in [1.165, 1.54) is 0 Å². The molecule has 27 heavy (non-hydrogen) atoms. The van der Waals surface area contributed by atoms with Crippen molar-refractivity contribution in [3.8, 4) is 0 Å². The van der Waals surface area contributed by atoms with Crippen LogP contribution in [0.1, 0.15) is 34.7 Å². The van der Waals surface area contributed by atoms with Crippen molar-refractivity contribution < 1.29 is 18.0 Å². The van der Waals surface area contributed by atoms with E-state index >= 15 is 0 Å². The standard InChI is InChI=1S/C18H20F3N5O/c1-12-4-2-6-14(24-12)16(27)23-10-13-5-3-9-26(11-13)17-22-8-7-15(25-17)18(19,20)21/h2,4,6-8,13H,3,5,9-11H2,1H3,(H,23,27). The van der Waals surface area contributed by atoms with E-state index < -0.39 is 11.9 Å². The molecule has 0 bridgehead atoms. The van der Waals surface area contributed by atoms with E-state index in [1.807, 2.05) is 13.0 Å². The highest BCUT2D eigenvalue weighted by atomic mass is 19.4. The van der Waals surface area contributed by atoms with Gasteiger partial charge in [-0.15, -0.1) is 0 Å². The fourth-order valence-electron chi connectivity index (χ4n) is 3.07. The number of rotatable bonds is 4. The summed E-state index contributed by atoms with van der Waals surface area (Å²) in [6.45, 7) is 3.31. The molecule has 1 N–H and O–H groups in total. The van der Waals surface area contributed by atoms with Crippen LogP contribution in [-0.4, -0.2) is 40.5 Å². The predicted octanol–water partition coefficient (Wildman–Crippen LogP) is 2.85. The summed E-state index contributed by atoms with van der Waals surface area (Å²) in [4.78, 5) is 25.8. The first-order valence-corrected chi connectivity index (χ1v) is 8.70. The smallest absolute Gasteiger partial charge is 0.350 e. The molecule has 0 saturated carbocycles. The Hall–Kier alpha value is -2.71. The number of piperidine rings is 1. The van der Waals surface area contributed by atoms with Crippen LogP contribution in [-0.2, 0) is 6.18 Å². The Labute approximate surface area is 154 Å². The topological polar surface area (TPSA) is 71.0 Å². The number of hydrogen-bond acceptors (Lipinski definition) is 5. The number of carbonyl (C=O) groups excluding carboxylic acids is 1. The lowest BCUT2D eigenvalue weighted by Crippen LogP contribution is -2.42. The van der Waals surface area contributed by atoms with Crippen LogP contribution in [0.4, 0.5) is 19.1 Å². The van der Waals surface area contributed by atoms with E-state index in [1.54, 1.807) is 17.0 Å². The molecule has 2 aromatic rings. The molecule has 1 aliphatic rings. The van der Waals surface area contributed by atoms with Gasteiger partial charge in [0.25, 0.3) is 5.91 Å². The van der Waals surface area contributed by atoms with Gasteiger partial charge in [-0.3, -0.25) is 4.79 Å². The third-order valence-electron chi connectivity index (χ3n) is 4.41. The number of amides is 1. The van der Waals surface area contributed by atoms with Crippen LogP contribution in [0.15, 0.2) is 30.5 Å². The number of aryl methyl sites for hydroxylation is 1. The normalized spacial score (nSPS) is 17.6. The number of nitrogens with zero attached hydrogens (tertiary/aromatic N) is 4. The van der Waals surface area contributed by atoms with Crippen molar-refractivity contribution in [3.05, 3.63) is 47.5 Å². The van der Waals surface area contributed by atoms with Crippen molar-refractivity contribution in [1.82, 2.24) is 20.3 Å². The van der Waals surface area contributed by atoms with E-state index in [-0.39, 0.29) is 17.8 Å². The predicted molar refractivity (Wildman–Crippen MR) is 93.3 cm³/mol. The van der Waals surface area contributed by atoms with Crippen LogP contribution in [0.2, 0.25) is 0 Å². The Kier molecular flexibility index (Phi) is 5.57. The number of halogens is 3. The summed E-state index contributed by atoms with van der Waals surface area (Å²) in [5.41, 5.74) is 0.158. The highest BCUT2D eigenvalue weighted by Gasteiger charge is 2.33. The van der Waals surface area contributed by atoms with Gasteiger partial charge < -0.3 is 10.2 Å². The largest absolute Gasteiger partial charge is 0.433 e. The van der Waals surface area contributed by atoms with Crippen LogP contribution < -0.4 is 10.2 Å². The van der Waals surface area contributed by atoms with Crippen LogP contribution in [0.3, 0.4) is 0 Å². The molecule has 144 valence electrons. The lowest BCUT2D eigenvalue weighted by molar-refractivity contribution is -0.141. The van der Waals surface area contributed by atoms with Gasteiger partial charge >= 0.3 is 6.18 Å². The summed E-state index contributed by atoms with van der Waals surface area (Å²) in [5, 5.41) is 2.85. The lowest BCUT2D eigenvalue weighted by Gasteiger charge is -2.33. The molecule has 1 fully saturated rings. The number of nitrogens with one attached hydrogen (secondary N) is 1. The summed E-state index contributed by atoms with van der Waals surface area (Å²) in [5.74, 6) is -0.0852. The molecule has 1 amide bonds. The van der Waals surface area contributed by atoms with E-state index in [0.29, 0.717) is 25.3 Å². The number of aromatic nitrogens is 3. The summed E-state index contributed by atoms with van der Waals surface area (Å²) >= 11 is 0. The number of anilines is 1. The van der Waals surface area contributed by atoms with E-state index in [2.05, 4.69) is 20.3 Å². The molecule has 1 aliphatic heterocycles. The summed E-state index contributed by atoms with van der Waals surface area (Å²) in [6, 6.07) is 6.08. The van der Waals surface area contributed by atoms with Crippen LogP contribution in [0.25, 0.3) is 0 Å². The van der Waals surface area contributed by atoms with Crippen LogP contribution >= 0.6 is 0 Å². The average Bonchev–Trinajstić information content (AvgIpc) is 2.66. The van der Waals surface area contributed by atoms with Gasteiger partial charge in [0.2, 0.25) is 5.95 Å². The van der Waals surface area contributed by atoms with E-state index in [4.69, 9.17) is 0 Å². The Morgan fingerprint density at radius 3 is 2.85 bits per heavy atom. The van der Waals surface area contributed by atoms with Gasteiger partial charge in [-0.1, -0.05) is 6.07 Å². The molecule has 1 saturated heterocycles. The molecule has 6 nitrogen and oxygen atoms in total. The first-order chi connectivity index (χ1) is 12.8. The third-order valence-corrected chi connectivity index (χ3v) is 4.41. The monoisotopic (exact) mass is 379 g/mol. The minimum absolute atomic E-state index is 0.0706. The van der Waals surface area contributed by atoms with Crippen molar-refractivity contribution >= 4 is 11.9 Å². The molecule has 9 heteroatoms. The summed E-state index contributed by atoms with van der Waals surface area (Å²) in [7, 11) is 0. The van der Waals surface area contributed by atoms with Gasteiger partial charge in [0.1, 0.15) is 11.4 Å². The SMILES string of the molecule is Cc1cccc(C(=O)NCC2CCCN(c3nccc(C(F)(F)F)n3)C2)n1. The summed E-state index contributed by atoms with van der Waals surface area (Å²) in [6.07, 6.45) is -1.71. The lowest BCUT2D eigenvalue weighted by atomic mass is 9.98. The molecule has 0 radical (unpaired) electrons. The second-order valence-corrected chi connectivity index (χ2v) is 6.57. The zero-order chi connectivity index (χ0) is 19.4. The number of hydrogen-bond donors (Lipinski definition) is 1. The second kappa shape index (κ2) is 7.89. The van der Waals surface area contributed by atoms with E-state index in [9.17, 15) is 18.0 Å². The Balaban J connectivity index is 1.60. The molecule has 2 aromatic heterocycles. The Morgan fingerprint density at radius 2 is 2.11 bits per heavy atom. The van der Waals surface area contributed by atoms with Crippen LogP contribution in [0, 0.1) is 12.8 Å². The Bertz CT molecular complexity index is 812. The third kappa shape index (κ3) is 4.93. The minimum atomic E-state index is -4.50. The maximum absolute atomic E-state index is 12.8. The molecule has 0 spiro atoms. The maximum Gasteiger partial charge on any atom is 0.433 e. The molecule has 3 heterocycles. The minimum Gasteiger partial charge on any atom is -0.350 e. The fourth-order valence-corrected chi connectivity index (χ4v) is 3.07. The molecule has 0 aliphatic carbocycles.